The van der Waals surface area contributed by atoms with Gasteiger partial charge in [0.1, 0.15) is 0 Å². The molecule has 0 aromatic carbocycles. The number of nitrogens with one attached hydrogen (secondary N) is 2. The highest BCUT2D eigenvalue weighted by molar-refractivity contribution is 5.80. The van der Waals surface area contributed by atoms with Gasteiger partial charge < -0.3 is 15.4 Å². The van der Waals surface area contributed by atoms with Gasteiger partial charge in [-0.15, -0.1) is 0 Å². The second-order valence-electron chi connectivity index (χ2n) is 6.07. The number of guanidine groups is 1. The predicted octanol–water partition coefficient (Wildman–Crippen LogP) is 2.71. The minimum absolute atomic E-state index is 0.0658. The molecule has 0 saturated heterocycles. The summed E-state index contributed by atoms with van der Waals surface area (Å²) in [6, 6.07) is 0.368. The predicted molar refractivity (Wildman–Crippen MR) is 88.5 cm³/mol. The third-order valence-electron chi connectivity index (χ3n) is 2.86. The zero-order valence-corrected chi connectivity index (χ0v) is 14.5. The molecule has 21 heavy (non-hydrogen) atoms. The number of hydrogen-bond acceptors (Lipinski definition) is 3. The average molecular weight is 299 g/mol. The number of esters is 1. The fraction of sp³-hybridized carbons (Fsp3) is 0.875. The Morgan fingerprint density at radius 1 is 1.14 bits per heavy atom. The Bertz CT molecular complexity index is 315. The maximum Gasteiger partial charge on any atom is 0.307 e. The molecular weight excluding hydrogens is 266 g/mol. The van der Waals surface area contributed by atoms with Gasteiger partial charge in [0.05, 0.1) is 19.1 Å². The molecule has 1 atom stereocenters. The lowest BCUT2D eigenvalue weighted by molar-refractivity contribution is -0.147. The standard InChI is InChI=1S/C16H33N3O2/c1-7-17-16(19-14(6)9-8-12(2)3)18-11-10-15(20)21-13(4)5/h12-14H,7-11H2,1-6H3,(H2,17,18,19). The van der Waals surface area contributed by atoms with E-state index in [2.05, 4.69) is 36.4 Å². The largest absolute Gasteiger partial charge is 0.463 e. The lowest BCUT2D eigenvalue weighted by atomic mass is 10.0. The molecule has 5 heteroatoms. The van der Waals surface area contributed by atoms with Crippen LogP contribution in [0, 0.1) is 5.92 Å². The molecule has 1 unspecified atom stereocenters. The molecule has 0 radical (unpaired) electrons. The fourth-order valence-electron chi connectivity index (χ4n) is 1.79. The molecule has 124 valence electrons. The van der Waals surface area contributed by atoms with Crippen LogP contribution in [0.3, 0.4) is 0 Å². The first-order chi connectivity index (χ1) is 9.85. The van der Waals surface area contributed by atoms with Gasteiger partial charge in [-0.2, -0.15) is 0 Å². The molecule has 0 aliphatic heterocycles. The van der Waals surface area contributed by atoms with Crippen LogP contribution in [-0.2, 0) is 9.53 Å². The van der Waals surface area contributed by atoms with Gasteiger partial charge in [-0.25, -0.2) is 0 Å². The quantitative estimate of drug-likeness (QED) is 0.390. The van der Waals surface area contributed by atoms with E-state index < -0.39 is 0 Å². The van der Waals surface area contributed by atoms with Gasteiger partial charge in [0.2, 0.25) is 0 Å². The summed E-state index contributed by atoms with van der Waals surface area (Å²) in [5, 5.41) is 6.58. The molecule has 0 heterocycles. The Kier molecular flexibility index (Phi) is 10.7. The maximum absolute atomic E-state index is 11.5. The fourth-order valence-corrected chi connectivity index (χ4v) is 1.79. The molecule has 0 fully saturated rings. The Morgan fingerprint density at radius 2 is 1.81 bits per heavy atom. The molecule has 2 N–H and O–H groups in total. The molecule has 0 aromatic heterocycles. The summed E-state index contributed by atoms with van der Waals surface area (Å²) in [4.78, 5) is 15.9. The summed E-state index contributed by atoms with van der Waals surface area (Å²) in [7, 11) is 0. The molecule has 0 aliphatic rings. The van der Waals surface area contributed by atoms with E-state index in [0.29, 0.717) is 24.9 Å². The Hall–Kier alpha value is -1.26. The SMILES string of the molecule is CCNC(=NCCC(=O)OC(C)C)NC(C)CCC(C)C. The van der Waals surface area contributed by atoms with Crippen molar-refractivity contribution >= 4 is 11.9 Å². The molecular formula is C16H33N3O2. The van der Waals surface area contributed by atoms with Gasteiger partial charge in [-0.05, 0) is 46.5 Å². The van der Waals surface area contributed by atoms with Gasteiger partial charge in [0.25, 0.3) is 0 Å². The summed E-state index contributed by atoms with van der Waals surface area (Å²) in [5.74, 6) is 1.28. The monoisotopic (exact) mass is 299 g/mol. The van der Waals surface area contributed by atoms with Crippen molar-refractivity contribution in [2.75, 3.05) is 13.1 Å². The number of carbonyl (C=O) groups is 1. The lowest BCUT2D eigenvalue weighted by Crippen LogP contribution is -2.42. The molecule has 0 saturated carbocycles. The zero-order valence-electron chi connectivity index (χ0n) is 14.5. The number of rotatable bonds is 9. The van der Waals surface area contributed by atoms with E-state index in [1.807, 2.05) is 20.8 Å². The van der Waals surface area contributed by atoms with Gasteiger partial charge in [0, 0.05) is 12.6 Å². The minimum atomic E-state index is -0.197. The van der Waals surface area contributed by atoms with Crippen LogP contribution in [0.25, 0.3) is 0 Å². The van der Waals surface area contributed by atoms with Crippen LogP contribution in [0.15, 0.2) is 4.99 Å². The number of ether oxygens (including phenoxy) is 1. The van der Waals surface area contributed by atoms with Crippen molar-refractivity contribution in [3.63, 3.8) is 0 Å². The molecule has 0 aromatic rings. The number of hydrogen-bond donors (Lipinski definition) is 2. The smallest absolute Gasteiger partial charge is 0.307 e. The van der Waals surface area contributed by atoms with Gasteiger partial charge in [0.15, 0.2) is 5.96 Å². The zero-order chi connectivity index (χ0) is 16.3. The van der Waals surface area contributed by atoms with E-state index in [-0.39, 0.29) is 12.1 Å². The van der Waals surface area contributed by atoms with E-state index in [0.717, 1.165) is 18.9 Å². The maximum atomic E-state index is 11.5. The molecule has 0 spiro atoms. The molecule has 0 amide bonds. The van der Waals surface area contributed by atoms with Crippen molar-refractivity contribution in [2.24, 2.45) is 10.9 Å². The van der Waals surface area contributed by atoms with Crippen molar-refractivity contribution in [2.45, 2.75) is 73.0 Å². The van der Waals surface area contributed by atoms with E-state index in [1.165, 1.54) is 6.42 Å². The first-order valence-corrected chi connectivity index (χ1v) is 8.09. The van der Waals surface area contributed by atoms with Crippen LogP contribution in [0.2, 0.25) is 0 Å². The molecule has 5 nitrogen and oxygen atoms in total. The first kappa shape index (κ1) is 19.7. The van der Waals surface area contributed by atoms with Crippen LogP contribution in [-0.4, -0.2) is 37.2 Å². The number of nitrogens with zero attached hydrogens (tertiary/aromatic N) is 1. The van der Waals surface area contributed by atoms with Gasteiger partial charge in [-0.3, -0.25) is 9.79 Å². The summed E-state index contributed by atoms with van der Waals surface area (Å²) >= 11 is 0. The van der Waals surface area contributed by atoms with Crippen molar-refractivity contribution in [3.8, 4) is 0 Å². The van der Waals surface area contributed by atoms with Crippen LogP contribution in [0.1, 0.15) is 60.8 Å². The lowest BCUT2D eigenvalue weighted by Gasteiger charge is -2.18. The number of aliphatic imine (C=N–C) groups is 1. The van der Waals surface area contributed by atoms with Crippen LogP contribution >= 0.6 is 0 Å². The highest BCUT2D eigenvalue weighted by Crippen LogP contribution is 2.06. The van der Waals surface area contributed by atoms with Crippen LogP contribution < -0.4 is 10.6 Å². The van der Waals surface area contributed by atoms with Crippen molar-refractivity contribution in [3.05, 3.63) is 0 Å². The summed E-state index contributed by atoms with van der Waals surface area (Å²) in [6.07, 6.45) is 2.55. The third kappa shape index (κ3) is 12.2. The highest BCUT2D eigenvalue weighted by atomic mass is 16.5. The molecule has 0 rings (SSSR count). The summed E-state index contributed by atoms with van der Waals surface area (Å²) < 4.78 is 5.09. The topological polar surface area (TPSA) is 62.7 Å². The van der Waals surface area contributed by atoms with Gasteiger partial charge in [-0.1, -0.05) is 13.8 Å². The second kappa shape index (κ2) is 11.4. The molecule has 0 bridgehead atoms. The van der Waals surface area contributed by atoms with E-state index in [1.54, 1.807) is 0 Å². The normalized spacial score (nSPS) is 13.4. The summed E-state index contributed by atoms with van der Waals surface area (Å²) in [6.45, 7) is 13.6. The van der Waals surface area contributed by atoms with E-state index >= 15 is 0 Å². The third-order valence-corrected chi connectivity index (χ3v) is 2.86. The Morgan fingerprint density at radius 3 is 2.33 bits per heavy atom. The summed E-state index contributed by atoms with van der Waals surface area (Å²) in [5.41, 5.74) is 0. The van der Waals surface area contributed by atoms with E-state index in [9.17, 15) is 4.79 Å². The minimum Gasteiger partial charge on any atom is -0.463 e. The average Bonchev–Trinajstić information content (AvgIpc) is 2.35. The van der Waals surface area contributed by atoms with Crippen LogP contribution in [0.4, 0.5) is 0 Å². The van der Waals surface area contributed by atoms with Gasteiger partial charge >= 0.3 is 5.97 Å². The van der Waals surface area contributed by atoms with Crippen molar-refractivity contribution in [1.29, 1.82) is 0 Å². The van der Waals surface area contributed by atoms with Crippen LogP contribution in [0.5, 0.6) is 0 Å². The van der Waals surface area contributed by atoms with E-state index in [4.69, 9.17) is 4.74 Å². The number of carbonyl (C=O) groups excluding carboxylic acids is 1. The Labute approximate surface area is 129 Å². The first-order valence-electron chi connectivity index (χ1n) is 8.09. The highest BCUT2D eigenvalue weighted by Gasteiger charge is 2.08. The van der Waals surface area contributed by atoms with Crippen molar-refractivity contribution in [1.82, 2.24) is 10.6 Å². The molecule has 0 aliphatic carbocycles. The second-order valence-corrected chi connectivity index (χ2v) is 6.07. The Balaban J connectivity index is 4.20. The van der Waals surface area contributed by atoms with Crippen molar-refractivity contribution < 1.29 is 9.53 Å².